The molecule has 3 heterocycles. The van der Waals surface area contributed by atoms with Crippen LogP contribution in [0.4, 0.5) is 0 Å². The summed E-state index contributed by atoms with van der Waals surface area (Å²) in [7, 11) is 0. The molecule has 0 aromatic carbocycles. The minimum Gasteiger partial charge on any atom is -0.376 e. The quantitative estimate of drug-likeness (QED) is 0.863. The summed E-state index contributed by atoms with van der Waals surface area (Å²) in [4.78, 5) is 14.6. The topological polar surface area (TPSA) is 72.3 Å². The summed E-state index contributed by atoms with van der Waals surface area (Å²) in [6.07, 6.45) is 4.82. The first-order valence-corrected chi connectivity index (χ1v) is 8.77. The van der Waals surface area contributed by atoms with Gasteiger partial charge in [0.15, 0.2) is 0 Å². The van der Waals surface area contributed by atoms with E-state index in [1.165, 1.54) is 12.8 Å². The summed E-state index contributed by atoms with van der Waals surface area (Å²) >= 11 is 0. The van der Waals surface area contributed by atoms with E-state index in [-0.39, 0.29) is 18.1 Å². The molecule has 0 bridgehead atoms. The highest BCUT2D eigenvalue weighted by atomic mass is 16.5. The highest BCUT2D eigenvalue weighted by molar-refractivity contribution is 5.81. The van der Waals surface area contributed by atoms with Crippen molar-refractivity contribution in [2.24, 2.45) is 0 Å². The molecular formula is C16H25N5O2. The van der Waals surface area contributed by atoms with E-state index in [4.69, 9.17) is 4.74 Å². The molecule has 4 rings (SSSR count). The zero-order chi connectivity index (χ0) is 15.8. The summed E-state index contributed by atoms with van der Waals surface area (Å²) in [6, 6.07) is -0.147. The maximum Gasteiger partial charge on any atom is 0.237 e. The molecule has 2 fully saturated rings. The molecule has 7 nitrogen and oxygen atoms in total. The Kier molecular flexibility index (Phi) is 4.07. The summed E-state index contributed by atoms with van der Waals surface area (Å²) in [6.45, 7) is 5.88. The number of nitrogens with zero attached hydrogens (tertiary/aromatic N) is 4. The summed E-state index contributed by atoms with van der Waals surface area (Å²) in [5.41, 5.74) is 0. The van der Waals surface area contributed by atoms with Crippen LogP contribution in [0.15, 0.2) is 0 Å². The fourth-order valence-electron chi connectivity index (χ4n) is 3.51. The maximum absolute atomic E-state index is 12.4. The van der Waals surface area contributed by atoms with Crippen LogP contribution in [-0.4, -0.2) is 57.4 Å². The molecule has 3 aliphatic rings. The molecule has 1 aromatic rings. The van der Waals surface area contributed by atoms with Crippen LogP contribution >= 0.6 is 0 Å². The normalized spacial score (nSPS) is 26.0. The van der Waals surface area contributed by atoms with Gasteiger partial charge in [-0.25, -0.2) is 0 Å². The first kappa shape index (κ1) is 15.1. The van der Waals surface area contributed by atoms with E-state index in [0.29, 0.717) is 19.0 Å². The Morgan fingerprint density at radius 1 is 1.35 bits per heavy atom. The van der Waals surface area contributed by atoms with E-state index in [9.17, 15) is 4.79 Å². The number of hydrogen-bond acceptors (Lipinski definition) is 5. The average Bonchev–Trinajstić information content (AvgIpc) is 3.12. The fourth-order valence-corrected chi connectivity index (χ4v) is 3.51. The Balaban J connectivity index is 1.33. The number of nitrogens with one attached hydrogen (secondary N) is 1. The fraction of sp³-hybridized carbons (Fsp3) is 0.812. The Morgan fingerprint density at radius 3 is 2.96 bits per heavy atom. The summed E-state index contributed by atoms with van der Waals surface area (Å²) in [5, 5.41) is 11.7. The SMILES string of the molecule is C[C@@H](C(=O)NC[C@H]1CCCO1)N1CCn2c(nnc2C2CC2)C1. The highest BCUT2D eigenvalue weighted by Gasteiger charge is 2.33. The molecule has 0 spiro atoms. The molecule has 2 atom stereocenters. The highest BCUT2D eigenvalue weighted by Crippen LogP contribution is 2.39. The van der Waals surface area contributed by atoms with Gasteiger partial charge in [0.25, 0.3) is 0 Å². The summed E-state index contributed by atoms with van der Waals surface area (Å²) < 4.78 is 7.81. The molecular weight excluding hydrogens is 294 g/mol. The molecule has 126 valence electrons. The predicted octanol–water partition coefficient (Wildman–Crippen LogP) is 0.655. The molecule has 1 aliphatic carbocycles. The molecule has 1 saturated carbocycles. The van der Waals surface area contributed by atoms with Crippen LogP contribution in [-0.2, 0) is 22.6 Å². The van der Waals surface area contributed by atoms with Crippen molar-refractivity contribution in [2.45, 2.75) is 63.8 Å². The Labute approximate surface area is 136 Å². The molecule has 1 saturated heterocycles. The van der Waals surface area contributed by atoms with Crippen molar-refractivity contribution >= 4 is 5.91 Å². The zero-order valence-corrected chi connectivity index (χ0v) is 13.7. The number of hydrogen-bond donors (Lipinski definition) is 1. The van der Waals surface area contributed by atoms with Gasteiger partial charge in [-0.15, -0.1) is 10.2 Å². The summed E-state index contributed by atoms with van der Waals surface area (Å²) in [5.74, 6) is 2.85. The van der Waals surface area contributed by atoms with Gasteiger partial charge in [-0.3, -0.25) is 9.69 Å². The number of rotatable bonds is 5. The zero-order valence-electron chi connectivity index (χ0n) is 13.7. The van der Waals surface area contributed by atoms with Gasteiger partial charge < -0.3 is 14.6 Å². The van der Waals surface area contributed by atoms with Crippen LogP contribution in [0.25, 0.3) is 0 Å². The maximum atomic E-state index is 12.4. The van der Waals surface area contributed by atoms with Crippen molar-refractivity contribution in [1.29, 1.82) is 0 Å². The van der Waals surface area contributed by atoms with Gasteiger partial charge in [-0.1, -0.05) is 0 Å². The van der Waals surface area contributed by atoms with Crippen molar-refractivity contribution in [3.63, 3.8) is 0 Å². The lowest BCUT2D eigenvalue weighted by atomic mass is 10.2. The lowest BCUT2D eigenvalue weighted by Gasteiger charge is -2.32. The minimum atomic E-state index is -0.147. The van der Waals surface area contributed by atoms with Crippen molar-refractivity contribution < 1.29 is 9.53 Å². The van der Waals surface area contributed by atoms with Crippen molar-refractivity contribution in [3.05, 3.63) is 11.6 Å². The van der Waals surface area contributed by atoms with E-state index in [2.05, 4.69) is 25.0 Å². The van der Waals surface area contributed by atoms with Crippen LogP contribution < -0.4 is 5.32 Å². The van der Waals surface area contributed by atoms with E-state index >= 15 is 0 Å². The largest absolute Gasteiger partial charge is 0.376 e. The lowest BCUT2D eigenvalue weighted by Crippen LogP contribution is -2.49. The first-order chi connectivity index (χ1) is 11.2. The predicted molar refractivity (Wildman–Crippen MR) is 83.9 cm³/mol. The number of amides is 1. The van der Waals surface area contributed by atoms with Gasteiger partial charge in [-0.05, 0) is 32.6 Å². The third-order valence-corrected chi connectivity index (χ3v) is 5.21. The molecule has 7 heteroatoms. The number of carbonyl (C=O) groups is 1. The van der Waals surface area contributed by atoms with E-state index in [1.54, 1.807) is 0 Å². The van der Waals surface area contributed by atoms with Crippen molar-refractivity contribution in [3.8, 4) is 0 Å². The van der Waals surface area contributed by atoms with Crippen LogP contribution in [0.2, 0.25) is 0 Å². The Morgan fingerprint density at radius 2 is 2.22 bits per heavy atom. The molecule has 1 N–H and O–H groups in total. The van der Waals surface area contributed by atoms with Crippen LogP contribution in [0.3, 0.4) is 0 Å². The standard InChI is InChI=1S/C16H25N5O2/c1-11(16(22)17-9-13-3-2-8-23-13)20-6-7-21-14(10-20)18-19-15(21)12-4-5-12/h11-13H,2-10H2,1H3,(H,17,22)/t11-,13+/m0/s1. The van der Waals surface area contributed by atoms with E-state index in [0.717, 1.165) is 44.2 Å². The number of ether oxygens (including phenoxy) is 1. The monoisotopic (exact) mass is 319 g/mol. The second kappa shape index (κ2) is 6.20. The van der Waals surface area contributed by atoms with Crippen molar-refractivity contribution in [1.82, 2.24) is 25.0 Å². The van der Waals surface area contributed by atoms with Crippen molar-refractivity contribution in [2.75, 3.05) is 19.7 Å². The average molecular weight is 319 g/mol. The van der Waals surface area contributed by atoms with Gasteiger partial charge in [0.1, 0.15) is 11.6 Å². The lowest BCUT2D eigenvalue weighted by molar-refractivity contribution is -0.127. The van der Waals surface area contributed by atoms with Gasteiger partial charge in [0.05, 0.1) is 18.7 Å². The van der Waals surface area contributed by atoms with Gasteiger partial charge in [0.2, 0.25) is 5.91 Å². The molecule has 1 aromatic heterocycles. The molecule has 0 radical (unpaired) electrons. The third-order valence-electron chi connectivity index (χ3n) is 5.21. The van der Waals surface area contributed by atoms with Crippen LogP contribution in [0, 0.1) is 0 Å². The second-order valence-electron chi connectivity index (χ2n) is 6.93. The smallest absolute Gasteiger partial charge is 0.237 e. The van der Waals surface area contributed by atoms with Gasteiger partial charge in [-0.2, -0.15) is 0 Å². The molecule has 1 amide bonds. The first-order valence-electron chi connectivity index (χ1n) is 8.77. The Bertz CT molecular complexity index is 577. The third kappa shape index (κ3) is 3.12. The number of aromatic nitrogens is 3. The number of carbonyl (C=O) groups excluding carboxylic acids is 1. The van der Waals surface area contributed by atoms with E-state index in [1.807, 2.05) is 6.92 Å². The number of fused-ring (bicyclic) bond motifs is 1. The Hall–Kier alpha value is -1.47. The second-order valence-corrected chi connectivity index (χ2v) is 6.93. The van der Waals surface area contributed by atoms with Crippen LogP contribution in [0.1, 0.15) is 50.2 Å². The van der Waals surface area contributed by atoms with E-state index < -0.39 is 0 Å². The van der Waals surface area contributed by atoms with Crippen LogP contribution in [0.5, 0.6) is 0 Å². The van der Waals surface area contributed by atoms with Gasteiger partial charge >= 0.3 is 0 Å². The molecule has 23 heavy (non-hydrogen) atoms. The molecule has 0 unspecified atom stereocenters. The minimum absolute atomic E-state index is 0.0795. The molecule has 2 aliphatic heterocycles. The van der Waals surface area contributed by atoms with Gasteiger partial charge in [0, 0.05) is 32.2 Å².